The quantitative estimate of drug-likeness (QED) is 0.763. The lowest BCUT2D eigenvalue weighted by molar-refractivity contribution is 0.147. The van der Waals surface area contributed by atoms with E-state index in [2.05, 4.69) is 18.3 Å². The minimum atomic E-state index is 0.355. The molecule has 0 saturated carbocycles. The average molecular weight is 234 g/mol. The van der Waals surface area contributed by atoms with Crippen LogP contribution in [0.25, 0.3) is 0 Å². The highest BCUT2D eigenvalue weighted by Gasteiger charge is 2.06. The smallest absolute Gasteiger partial charge is 0.0931 e. The standard InChI is InChI=1S/C10H16ClNOS/c1-3-13-7-6-12-8(2)9-4-5-10(11)14-9/h4-5,8,12H,3,6-7H2,1-2H3. The summed E-state index contributed by atoms with van der Waals surface area (Å²) in [5.74, 6) is 0. The molecule has 2 nitrogen and oxygen atoms in total. The van der Waals surface area contributed by atoms with E-state index in [0.717, 1.165) is 24.1 Å². The SMILES string of the molecule is CCOCCNC(C)c1ccc(Cl)s1. The van der Waals surface area contributed by atoms with E-state index in [4.69, 9.17) is 16.3 Å². The molecular formula is C10H16ClNOS. The molecule has 0 aliphatic heterocycles. The van der Waals surface area contributed by atoms with E-state index in [9.17, 15) is 0 Å². The largest absolute Gasteiger partial charge is 0.380 e. The lowest BCUT2D eigenvalue weighted by Gasteiger charge is -2.11. The van der Waals surface area contributed by atoms with Crippen molar-refractivity contribution in [1.29, 1.82) is 0 Å². The summed E-state index contributed by atoms with van der Waals surface area (Å²) in [6.07, 6.45) is 0. The second-order valence-corrected chi connectivity index (χ2v) is 4.76. The van der Waals surface area contributed by atoms with Gasteiger partial charge in [0, 0.05) is 24.1 Å². The summed E-state index contributed by atoms with van der Waals surface area (Å²) < 4.78 is 6.09. The second kappa shape index (κ2) is 6.40. The first-order chi connectivity index (χ1) is 6.74. The number of thiophene rings is 1. The third-order valence-electron chi connectivity index (χ3n) is 1.92. The molecule has 1 heterocycles. The van der Waals surface area contributed by atoms with Crippen molar-refractivity contribution in [3.63, 3.8) is 0 Å². The topological polar surface area (TPSA) is 21.3 Å². The van der Waals surface area contributed by atoms with E-state index in [1.165, 1.54) is 4.88 Å². The van der Waals surface area contributed by atoms with Crippen LogP contribution in [0.1, 0.15) is 24.8 Å². The highest BCUT2D eigenvalue weighted by Crippen LogP contribution is 2.26. The Bertz CT molecular complexity index is 264. The Morgan fingerprint density at radius 2 is 2.36 bits per heavy atom. The molecule has 0 spiro atoms. The molecule has 1 N–H and O–H groups in total. The zero-order valence-corrected chi connectivity index (χ0v) is 10.1. The Morgan fingerprint density at radius 3 is 2.93 bits per heavy atom. The van der Waals surface area contributed by atoms with Gasteiger partial charge in [-0.05, 0) is 26.0 Å². The number of hydrogen-bond donors (Lipinski definition) is 1. The molecule has 0 radical (unpaired) electrons. The number of hydrogen-bond acceptors (Lipinski definition) is 3. The molecule has 0 bridgehead atoms. The maximum atomic E-state index is 5.85. The van der Waals surface area contributed by atoms with Gasteiger partial charge >= 0.3 is 0 Å². The van der Waals surface area contributed by atoms with Crippen LogP contribution in [0, 0.1) is 0 Å². The van der Waals surface area contributed by atoms with Gasteiger partial charge in [0.05, 0.1) is 10.9 Å². The first kappa shape index (κ1) is 12.0. The van der Waals surface area contributed by atoms with Crippen LogP contribution in [0.5, 0.6) is 0 Å². The molecule has 0 aromatic carbocycles. The van der Waals surface area contributed by atoms with E-state index in [0.29, 0.717) is 6.04 Å². The Labute approximate surface area is 94.2 Å². The van der Waals surface area contributed by atoms with Crippen molar-refractivity contribution in [3.05, 3.63) is 21.3 Å². The predicted molar refractivity (Wildman–Crippen MR) is 62.2 cm³/mol. The number of rotatable bonds is 6. The monoisotopic (exact) mass is 233 g/mol. The number of nitrogens with one attached hydrogen (secondary N) is 1. The van der Waals surface area contributed by atoms with Crippen LogP contribution in [0.2, 0.25) is 4.34 Å². The van der Waals surface area contributed by atoms with Crippen molar-refractivity contribution in [3.8, 4) is 0 Å². The molecule has 80 valence electrons. The van der Waals surface area contributed by atoms with Gasteiger partial charge in [0.25, 0.3) is 0 Å². The van der Waals surface area contributed by atoms with Crippen LogP contribution in [-0.4, -0.2) is 19.8 Å². The van der Waals surface area contributed by atoms with Gasteiger partial charge < -0.3 is 10.1 Å². The fourth-order valence-corrected chi connectivity index (χ4v) is 2.24. The first-order valence-electron chi connectivity index (χ1n) is 4.80. The first-order valence-corrected chi connectivity index (χ1v) is 6.00. The second-order valence-electron chi connectivity index (χ2n) is 3.01. The third-order valence-corrected chi connectivity index (χ3v) is 3.34. The molecule has 0 aliphatic carbocycles. The third kappa shape index (κ3) is 3.96. The van der Waals surface area contributed by atoms with Crippen molar-refractivity contribution >= 4 is 22.9 Å². The van der Waals surface area contributed by atoms with E-state index < -0.39 is 0 Å². The summed E-state index contributed by atoms with van der Waals surface area (Å²) in [7, 11) is 0. The maximum absolute atomic E-state index is 5.85. The molecule has 1 rings (SSSR count). The molecule has 4 heteroatoms. The zero-order chi connectivity index (χ0) is 10.4. The minimum absolute atomic E-state index is 0.355. The summed E-state index contributed by atoms with van der Waals surface area (Å²) in [4.78, 5) is 1.27. The lowest BCUT2D eigenvalue weighted by atomic mass is 10.3. The fourth-order valence-electron chi connectivity index (χ4n) is 1.15. The summed E-state index contributed by atoms with van der Waals surface area (Å²) in [5.41, 5.74) is 0. The number of halogens is 1. The normalized spacial score (nSPS) is 13.1. The van der Waals surface area contributed by atoms with Gasteiger partial charge in [-0.3, -0.25) is 0 Å². The van der Waals surface area contributed by atoms with Crippen LogP contribution >= 0.6 is 22.9 Å². The van der Waals surface area contributed by atoms with Gasteiger partial charge in [-0.1, -0.05) is 11.6 Å². The van der Waals surface area contributed by atoms with Crippen molar-refractivity contribution < 1.29 is 4.74 Å². The Morgan fingerprint density at radius 1 is 1.57 bits per heavy atom. The molecule has 0 saturated heterocycles. The summed E-state index contributed by atoms with van der Waals surface area (Å²) in [5, 5.41) is 3.37. The van der Waals surface area contributed by atoms with Gasteiger partial charge in [-0.15, -0.1) is 11.3 Å². The predicted octanol–water partition coefficient (Wildman–Crippen LogP) is 3.09. The van der Waals surface area contributed by atoms with Crippen LogP contribution in [0.3, 0.4) is 0 Å². The van der Waals surface area contributed by atoms with Crippen LogP contribution in [0.15, 0.2) is 12.1 Å². The summed E-state index contributed by atoms with van der Waals surface area (Å²) in [6.45, 7) is 6.56. The van der Waals surface area contributed by atoms with Crippen LogP contribution in [-0.2, 0) is 4.74 Å². The maximum Gasteiger partial charge on any atom is 0.0931 e. The molecule has 0 fully saturated rings. The van der Waals surface area contributed by atoms with E-state index in [1.54, 1.807) is 11.3 Å². The minimum Gasteiger partial charge on any atom is -0.380 e. The van der Waals surface area contributed by atoms with Gasteiger partial charge in [-0.25, -0.2) is 0 Å². The van der Waals surface area contributed by atoms with E-state index in [-0.39, 0.29) is 0 Å². The van der Waals surface area contributed by atoms with E-state index >= 15 is 0 Å². The highest BCUT2D eigenvalue weighted by atomic mass is 35.5. The van der Waals surface area contributed by atoms with Crippen molar-refractivity contribution in [2.75, 3.05) is 19.8 Å². The number of ether oxygens (including phenoxy) is 1. The molecule has 1 unspecified atom stereocenters. The fraction of sp³-hybridized carbons (Fsp3) is 0.600. The molecular weight excluding hydrogens is 218 g/mol. The van der Waals surface area contributed by atoms with Crippen molar-refractivity contribution in [2.24, 2.45) is 0 Å². The molecule has 1 aromatic heterocycles. The Hall–Kier alpha value is -0.0900. The molecule has 14 heavy (non-hydrogen) atoms. The molecule has 0 aliphatic rings. The molecule has 1 aromatic rings. The lowest BCUT2D eigenvalue weighted by Crippen LogP contribution is -2.22. The molecule has 0 amide bonds. The highest BCUT2D eigenvalue weighted by molar-refractivity contribution is 7.16. The van der Waals surface area contributed by atoms with Crippen molar-refractivity contribution in [2.45, 2.75) is 19.9 Å². The van der Waals surface area contributed by atoms with Gasteiger partial charge in [0.15, 0.2) is 0 Å². The average Bonchev–Trinajstić information content (AvgIpc) is 2.59. The summed E-state index contributed by atoms with van der Waals surface area (Å²) in [6, 6.07) is 4.35. The van der Waals surface area contributed by atoms with Crippen LogP contribution < -0.4 is 5.32 Å². The molecule has 1 atom stereocenters. The van der Waals surface area contributed by atoms with Gasteiger partial charge in [0.1, 0.15) is 0 Å². The Balaban J connectivity index is 2.25. The zero-order valence-electron chi connectivity index (χ0n) is 8.55. The van der Waals surface area contributed by atoms with Crippen molar-refractivity contribution in [1.82, 2.24) is 5.32 Å². The van der Waals surface area contributed by atoms with Crippen LogP contribution in [0.4, 0.5) is 0 Å². The summed E-state index contributed by atoms with van der Waals surface area (Å²) >= 11 is 7.48. The Kier molecular flexibility index (Phi) is 5.48. The van der Waals surface area contributed by atoms with Gasteiger partial charge in [-0.2, -0.15) is 0 Å². The van der Waals surface area contributed by atoms with E-state index in [1.807, 2.05) is 13.0 Å². The van der Waals surface area contributed by atoms with Gasteiger partial charge in [0.2, 0.25) is 0 Å².